The number of nitrogens with zero attached hydrogens (tertiary/aromatic N) is 1. The van der Waals surface area contributed by atoms with Crippen molar-refractivity contribution in [1.82, 2.24) is 10.6 Å². The number of guanidine groups is 1. The summed E-state index contributed by atoms with van der Waals surface area (Å²) in [5.74, 6) is 2.06. The van der Waals surface area contributed by atoms with Gasteiger partial charge in [0.15, 0.2) is 5.96 Å². The summed E-state index contributed by atoms with van der Waals surface area (Å²) in [6, 6.07) is 8.25. The number of esters is 1. The summed E-state index contributed by atoms with van der Waals surface area (Å²) >= 11 is 0. The van der Waals surface area contributed by atoms with E-state index in [4.69, 9.17) is 4.74 Å². The van der Waals surface area contributed by atoms with Gasteiger partial charge in [-0.1, -0.05) is 25.5 Å². The maximum atomic E-state index is 11.1. The van der Waals surface area contributed by atoms with Crippen LogP contribution in [0, 0.1) is 0 Å². The summed E-state index contributed by atoms with van der Waals surface area (Å²) in [6.45, 7) is 6.75. The third-order valence-corrected chi connectivity index (χ3v) is 4.44. The van der Waals surface area contributed by atoms with Gasteiger partial charge in [0.2, 0.25) is 0 Å². The molecule has 0 spiro atoms. The predicted molar refractivity (Wildman–Crippen MR) is 110 cm³/mol. The van der Waals surface area contributed by atoms with Gasteiger partial charge < -0.3 is 20.1 Å². The average Bonchev–Trinajstić information content (AvgIpc) is 2.70. The molecule has 1 rings (SSSR count). The Bertz CT molecular complexity index is 558. The van der Waals surface area contributed by atoms with Crippen molar-refractivity contribution in [2.24, 2.45) is 4.99 Å². The number of rotatable bonds is 12. The van der Waals surface area contributed by atoms with E-state index >= 15 is 0 Å². The molecule has 6 heteroatoms. The van der Waals surface area contributed by atoms with Gasteiger partial charge in [-0.15, -0.1) is 0 Å². The molecule has 27 heavy (non-hydrogen) atoms. The lowest BCUT2D eigenvalue weighted by atomic mass is 9.98. The molecule has 0 bridgehead atoms. The van der Waals surface area contributed by atoms with Gasteiger partial charge in [0, 0.05) is 26.1 Å². The molecule has 6 nitrogen and oxygen atoms in total. The summed E-state index contributed by atoms with van der Waals surface area (Å²) in [5.41, 5.74) is 1.31. The Morgan fingerprint density at radius 1 is 1.11 bits per heavy atom. The van der Waals surface area contributed by atoms with E-state index < -0.39 is 0 Å². The average molecular weight is 378 g/mol. The molecule has 2 N–H and O–H groups in total. The Hall–Kier alpha value is -2.24. The number of aliphatic imine (C=N–C) groups is 1. The molecule has 1 aromatic carbocycles. The van der Waals surface area contributed by atoms with Crippen molar-refractivity contribution in [3.05, 3.63) is 29.8 Å². The third-order valence-electron chi connectivity index (χ3n) is 4.44. The number of hydrogen-bond donors (Lipinski definition) is 2. The summed E-state index contributed by atoms with van der Waals surface area (Å²) < 4.78 is 9.85. The van der Waals surface area contributed by atoms with Crippen LogP contribution in [0.4, 0.5) is 0 Å². The van der Waals surface area contributed by atoms with E-state index in [0.29, 0.717) is 12.3 Å². The molecule has 0 saturated carbocycles. The lowest BCUT2D eigenvalue weighted by molar-refractivity contribution is -0.140. The molecular formula is C21H35N3O3. The first-order valence-electron chi connectivity index (χ1n) is 9.83. The lowest BCUT2D eigenvalue weighted by Crippen LogP contribution is -2.38. The standard InChI is InChI=1S/C21H35N3O3/c1-5-22-21(23-15-8-6-7-9-20(25)27-4)24-16-14-17(2)18-10-12-19(26-3)13-11-18/h10-13,17H,5-9,14-16H2,1-4H3,(H2,22,23,24). The highest BCUT2D eigenvalue weighted by Crippen LogP contribution is 2.21. The van der Waals surface area contributed by atoms with Crippen LogP contribution in [0.25, 0.3) is 0 Å². The Morgan fingerprint density at radius 2 is 1.85 bits per heavy atom. The molecule has 0 aliphatic rings. The smallest absolute Gasteiger partial charge is 0.305 e. The molecule has 1 aromatic rings. The SMILES string of the molecule is CCNC(=NCCCCCC(=O)OC)NCCC(C)c1ccc(OC)cc1. The van der Waals surface area contributed by atoms with Crippen molar-refractivity contribution in [3.63, 3.8) is 0 Å². The summed E-state index contributed by atoms with van der Waals surface area (Å²) in [5, 5.41) is 6.68. The molecule has 152 valence electrons. The molecule has 0 aliphatic heterocycles. The van der Waals surface area contributed by atoms with Crippen LogP contribution < -0.4 is 15.4 Å². The highest BCUT2D eigenvalue weighted by atomic mass is 16.5. The van der Waals surface area contributed by atoms with Gasteiger partial charge in [0.05, 0.1) is 14.2 Å². The van der Waals surface area contributed by atoms with Crippen LogP contribution in [-0.2, 0) is 9.53 Å². The number of carbonyl (C=O) groups excluding carboxylic acids is 1. The molecule has 0 fully saturated rings. The van der Waals surface area contributed by atoms with E-state index in [-0.39, 0.29) is 5.97 Å². The number of unbranched alkanes of at least 4 members (excludes halogenated alkanes) is 2. The van der Waals surface area contributed by atoms with Crippen molar-refractivity contribution in [1.29, 1.82) is 0 Å². The summed E-state index contributed by atoms with van der Waals surface area (Å²) in [6.07, 6.45) is 4.31. The van der Waals surface area contributed by atoms with Gasteiger partial charge in [0.1, 0.15) is 5.75 Å². The third kappa shape index (κ3) is 9.87. The van der Waals surface area contributed by atoms with E-state index in [2.05, 4.69) is 46.3 Å². The molecule has 1 atom stereocenters. The highest BCUT2D eigenvalue weighted by Gasteiger charge is 2.06. The number of ether oxygens (including phenoxy) is 2. The van der Waals surface area contributed by atoms with Crippen LogP contribution in [0.5, 0.6) is 5.75 Å². The molecule has 0 aromatic heterocycles. The van der Waals surface area contributed by atoms with Crippen LogP contribution in [-0.4, -0.2) is 45.8 Å². The Balaban J connectivity index is 2.30. The maximum Gasteiger partial charge on any atom is 0.305 e. The minimum atomic E-state index is -0.139. The second-order valence-electron chi connectivity index (χ2n) is 6.54. The van der Waals surface area contributed by atoms with Crippen molar-refractivity contribution in [3.8, 4) is 5.75 Å². The number of methoxy groups -OCH3 is 2. The largest absolute Gasteiger partial charge is 0.497 e. The first kappa shape index (κ1) is 22.8. The summed E-state index contributed by atoms with van der Waals surface area (Å²) in [7, 11) is 3.11. The quantitative estimate of drug-likeness (QED) is 0.253. The number of carbonyl (C=O) groups is 1. The predicted octanol–water partition coefficient (Wildman–Crippen LogP) is 3.48. The van der Waals surface area contributed by atoms with Gasteiger partial charge in [-0.05, 0) is 49.8 Å². The Morgan fingerprint density at radius 3 is 2.48 bits per heavy atom. The number of hydrogen-bond acceptors (Lipinski definition) is 4. The van der Waals surface area contributed by atoms with Gasteiger partial charge in [-0.3, -0.25) is 9.79 Å². The second-order valence-corrected chi connectivity index (χ2v) is 6.54. The number of nitrogens with one attached hydrogen (secondary N) is 2. The van der Waals surface area contributed by atoms with E-state index in [0.717, 1.165) is 57.0 Å². The Labute approximate surface area is 163 Å². The normalized spacial score (nSPS) is 12.4. The van der Waals surface area contributed by atoms with Gasteiger partial charge in [-0.25, -0.2) is 0 Å². The van der Waals surface area contributed by atoms with Crippen molar-refractivity contribution < 1.29 is 14.3 Å². The van der Waals surface area contributed by atoms with Crippen molar-refractivity contribution >= 4 is 11.9 Å². The van der Waals surface area contributed by atoms with Crippen molar-refractivity contribution in [2.75, 3.05) is 33.9 Å². The van der Waals surface area contributed by atoms with Crippen LogP contribution in [0.3, 0.4) is 0 Å². The van der Waals surface area contributed by atoms with Crippen molar-refractivity contribution in [2.45, 2.75) is 51.9 Å². The van der Waals surface area contributed by atoms with Gasteiger partial charge in [-0.2, -0.15) is 0 Å². The van der Waals surface area contributed by atoms with E-state index in [1.807, 2.05) is 12.1 Å². The Kier molecular flexibility index (Phi) is 11.7. The van der Waals surface area contributed by atoms with Gasteiger partial charge >= 0.3 is 5.97 Å². The van der Waals surface area contributed by atoms with E-state index in [1.54, 1.807) is 7.11 Å². The minimum absolute atomic E-state index is 0.139. The van der Waals surface area contributed by atoms with Crippen LogP contribution in [0.2, 0.25) is 0 Å². The molecular weight excluding hydrogens is 342 g/mol. The zero-order chi connectivity index (χ0) is 19.9. The van der Waals surface area contributed by atoms with Crippen LogP contribution in [0.15, 0.2) is 29.3 Å². The topological polar surface area (TPSA) is 72.0 Å². The molecule has 1 unspecified atom stereocenters. The maximum absolute atomic E-state index is 11.1. The molecule has 0 aliphatic carbocycles. The highest BCUT2D eigenvalue weighted by molar-refractivity contribution is 5.79. The monoisotopic (exact) mass is 377 g/mol. The summed E-state index contributed by atoms with van der Waals surface area (Å²) in [4.78, 5) is 15.7. The number of benzene rings is 1. The molecule has 0 amide bonds. The first-order chi connectivity index (χ1) is 13.1. The molecule has 0 radical (unpaired) electrons. The lowest BCUT2D eigenvalue weighted by Gasteiger charge is -2.15. The van der Waals surface area contributed by atoms with Gasteiger partial charge in [0.25, 0.3) is 0 Å². The minimum Gasteiger partial charge on any atom is -0.497 e. The zero-order valence-electron chi connectivity index (χ0n) is 17.2. The zero-order valence-corrected chi connectivity index (χ0v) is 17.2. The molecule has 0 heterocycles. The van der Waals surface area contributed by atoms with E-state index in [1.165, 1.54) is 12.7 Å². The van der Waals surface area contributed by atoms with Crippen LogP contribution >= 0.6 is 0 Å². The fraction of sp³-hybridized carbons (Fsp3) is 0.619. The van der Waals surface area contributed by atoms with Crippen LogP contribution in [0.1, 0.15) is 57.4 Å². The first-order valence-corrected chi connectivity index (χ1v) is 9.83. The molecule has 0 saturated heterocycles. The van der Waals surface area contributed by atoms with E-state index in [9.17, 15) is 4.79 Å². The fourth-order valence-corrected chi connectivity index (χ4v) is 2.70. The fourth-order valence-electron chi connectivity index (χ4n) is 2.70. The second kappa shape index (κ2) is 13.9.